The van der Waals surface area contributed by atoms with Crippen LogP contribution in [0.4, 0.5) is 5.69 Å². The average Bonchev–Trinajstić information content (AvgIpc) is 3.08. The highest BCUT2D eigenvalue weighted by molar-refractivity contribution is 6.31. The first-order valence-corrected chi connectivity index (χ1v) is 9.16. The van der Waals surface area contributed by atoms with Crippen LogP contribution in [0.25, 0.3) is 11.0 Å². The second-order valence-electron chi connectivity index (χ2n) is 6.18. The molecule has 0 spiro atoms. The number of hydrogen-bond donors (Lipinski definition) is 1. The van der Waals surface area contributed by atoms with Crippen LogP contribution in [0.5, 0.6) is 5.75 Å². The maximum Gasteiger partial charge on any atom is 0.310 e. The third kappa shape index (κ3) is 4.64. The van der Waals surface area contributed by atoms with Crippen LogP contribution in [0.15, 0.2) is 47.1 Å². The largest absolute Gasteiger partial charge is 0.495 e. The van der Waals surface area contributed by atoms with E-state index in [1.165, 1.54) is 7.11 Å². The Bertz CT molecular complexity index is 1010. The first-order valence-electron chi connectivity index (χ1n) is 8.78. The number of amides is 1. The predicted octanol–water partition coefficient (Wildman–Crippen LogP) is 4.38. The molecule has 1 N–H and O–H groups in total. The van der Waals surface area contributed by atoms with Gasteiger partial charge >= 0.3 is 5.97 Å². The fourth-order valence-electron chi connectivity index (χ4n) is 2.80. The van der Waals surface area contributed by atoms with Crippen molar-refractivity contribution in [1.82, 2.24) is 0 Å². The molecule has 1 aromatic heterocycles. The number of carbonyl (C=O) groups is 2. The minimum Gasteiger partial charge on any atom is -0.495 e. The fraction of sp³-hybridized carbons (Fsp3) is 0.238. The molecule has 0 aliphatic carbocycles. The van der Waals surface area contributed by atoms with Crippen LogP contribution in [-0.2, 0) is 27.2 Å². The summed E-state index contributed by atoms with van der Waals surface area (Å²) < 4.78 is 15.8. The van der Waals surface area contributed by atoms with Gasteiger partial charge in [-0.15, -0.1) is 0 Å². The van der Waals surface area contributed by atoms with Gasteiger partial charge in [-0.3, -0.25) is 9.59 Å². The molecule has 0 bridgehead atoms. The summed E-state index contributed by atoms with van der Waals surface area (Å²) in [5.74, 6) is -0.547. The normalized spacial score (nSPS) is 10.7. The Balaban J connectivity index is 1.57. The van der Waals surface area contributed by atoms with Crippen molar-refractivity contribution in [3.05, 3.63) is 58.8 Å². The molecule has 7 heteroatoms. The maximum atomic E-state index is 12.1. The molecular formula is C21H20ClNO5. The third-order valence-corrected chi connectivity index (χ3v) is 4.50. The van der Waals surface area contributed by atoms with E-state index in [1.807, 2.05) is 18.2 Å². The van der Waals surface area contributed by atoms with Crippen molar-refractivity contribution in [2.24, 2.45) is 0 Å². The number of esters is 1. The van der Waals surface area contributed by atoms with E-state index in [9.17, 15) is 9.59 Å². The quantitative estimate of drug-likeness (QED) is 0.594. The zero-order valence-corrected chi connectivity index (χ0v) is 16.3. The van der Waals surface area contributed by atoms with E-state index in [4.69, 9.17) is 25.5 Å². The van der Waals surface area contributed by atoms with Gasteiger partial charge < -0.3 is 19.2 Å². The molecule has 0 saturated carbocycles. The number of fused-ring (bicyclic) bond motifs is 1. The Kier molecular flexibility index (Phi) is 6.21. The summed E-state index contributed by atoms with van der Waals surface area (Å²) in [5, 5.41) is 3.93. The van der Waals surface area contributed by atoms with E-state index < -0.39 is 18.5 Å². The monoisotopic (exact) mass is 401 g/mol. The number of benzene rings is 2. The van der Waals surface area contributed by atoms with Crippen molar-refractivity contribution < 1.29 is 23.5 Å². The van der Waals surface area contributed by atoms with Crippen molar-refractivity contribution in [1.29, 1.82) is 0 Å². The van der Waals surface area contributed by atoms with Gasteiger partial charge in [-0.05, 0) is 36.2 Å². The topological polar surface area (TPSA) is 77.8 Å². The van der Waals surface area contributed by atoms with Gasteiger partial charge in [0.1, 0.15) is 11.3 Å². The van der Waals surface area contributed by atoms with Crippen LogP contribution in [0.1, 0.15) is 18.1 Å². The molecule has 0 saturated heterocycles. The van der Waals surface area contributed by atoms with E-state index >= 15 is 0 Å². The number of aryl methyl sites for hydroxylation is 1. The van der Waals surface area contributed by atoms with Gasteiger partial charge in [0.15, 0.2) is 6.61 Å². The second-order valence-corrected chi connectivity index (χ2v) is 6.61. The number of furan rings is 1. The number of anilines is 1. The van der Waals surface area contributed by atoms with E-state index in [2.05, 4.69) is 12.2 Å². The first kappa shape index (κ1) is 19.8. The number of methoxy groups -OCH3 is 1. The molecule has 0 radical (unpaired) electrons. The van der Waals surface area contributed by atoms with Gasteiger partial charge in [-0.2, -0.15) is 0 Å². The molecule has 0 fully saturated rings. The van der Waals surface area contributed by atoms with E-state index in [0.717, 1.165) is 28.5 Å². The van der Waals surface area contributed by atoms with Crippen LogP contribution >= 0.6 is 11.6 Å². The smallest absolute Gasteiger partial charge is 0.310 e. The minimum absolute atomic E-state index is 0.0201. The number of ether oxygens (including phenoxy) is 2. The zero-order chi connectivity index (χ0) is 20.1. The van der Waals surface area contributed by atoms with Crippen LogP contribution in [0.3, 0.4) is 0 Å². The van der Waals surface area contributed by atoms with Crippen LogP contribution in [-0.4, -0.2) is 25.6 Å². The Hall–Kier alpha value is -2.99. The highest BCUT2D eigenvalue weighted by Gasteiger charge is 2.14. The number of nitrogens with one attached hydrogen (secondary N) is 1. The standard InChI is InChI=1S/C21H20ClNO5/c1-3-13-4-6-16-14(11-27-19(16)8-13)9-21(25)28-12-20(24)23-17-10-15(22)5-7-18(17)26-2/h4-8,10-11H,3,9,12H2,1-2H3,(H,23,24). The molecule has 1 amide bonds. The predicted molar refractivity (Wildman–Crippen MR) is 107 cm³/mol. The van der Waals surface area contributed by atoms with Crippen molar-refractivity contribution in [2.45, 2.75) is 19.8 Å². The minimum atomic E-state index is -0.518. The second kappa shape index (κ2) is 8.80. The number of halogens is 1. The van der Waals surface area contributed by atoms with E-state index in [1.54, 1.807) is 24.5 Å². The maximum absolute atomic E-state index is 12.1. The zero-order valence-electron chi connectivity index (χ0n) is 15.6. The first-order chi connectivity index (χ1) is 13.5. The molecule has 6 nitrogen and oxygen atoms in total. The lowest BCUT2D eigenvalue weighted by Gasteiger charge is -2.10. The van der Waals surface area contributed by atoms with Crippen LogP contribution < -0.4 is 10.1 Å². The molecule has 0 aliphatic heterocycles. The average molecular weight is 402 g/mol. The SMILES string of the molecule is CCc1ccc2c(CC(=O)OCC(=O)Nc3cc(Cl)ccc3OC)coc2c1. The summed E-state index contributed by atoms with van der Waals surface area (Å²) in [6, 6.07) is 10.7. The third-order valence-electron chi connectivity index (χ3n) is 4.26. The van der Waals surface area contributed by atoms with Gasteiger partial charge in [0, 0.05) is 16.0 Å². The fourth-order valence-corrected chi connectivity index (χ4v) is 2.97. The summed E-state index contributed by atoms with van der Waals surface area (Å²) in [4.78, 5) is 24.2. The molecule has 0 atom stereocenters. The van der Waals surface area contributed by atoms with Gasteiger partial charge in [0.05, 0.1) is 25.5 Å². The van der Waals surface area contributed by atoms with Crippen molar-refractivity contribution in [3.63, 3.8) is 0 Å². The summed E-state index contributed by atoms with van der Waals surface area (Å²) in [6.45, 7) is 1.65. The van der Waals surface area contributed by atoms with Crippen LogP contribution in [0.2, 0.25) is 5.02 Å². The van der Waals surface area contributed by atoms with Gasteiger partial charge in [0.2, 0.25) is 0 Å². The van der Waals surface area contributed by atoms with Crippen molar-refractivity contribution in [2.75, 3.05) is 19.0 Å². The highest BCUT2D eigenvalue weighted by atomic mass is 35.5. The number of carbonyl (C=O) groups excluding carboxylic acids is 2. The molecule has 2 aromatic carbocycles. The molecule has 3 rings (SSSR count). The lowest BCUT2D eigenvalue weighted by molar-refractivity contribution is -0.146. The van der Waals surface area contributed by atoms with Crippen LogP contribution in [0, 0.1) is 0 Å². The molecule has 3 aromatic rings. The summed E-state index contributed by atoms with van der Waals surface area (Å²) in [7, 11) is 1.48. The molecule has 146 valence electrons. The molecule has 28 heavy (non-hydrogen) atoms. The summed E-state index contributed by atoms with van der Waals surface area (Å²) in [6.07, 6.45) is 2.47. The summed E-state index contributed by atoms with van der Waals surface area (Å²) >= 11 is 5.93. The van der Waals surface area contributed by atoms with E-state index in [-0.39, 0.29) is 6.42 Å². The number of hydrogen-bond acceptors (Lipinski definition) is 5. The Labute approximate surface area is 167 Å². The Morgan fingerprint density at radius 3 is 2.75 bits per heavy atom. The molecule has 1 heterocycles. The lowest BCUT2D eigenvalue weighted by atomic mass is 10.1. The molecule has 0 aliphatic rings. The van der Waals surface area contributed by atoms with E-state index in [0.29, 0.717) is 16.5 Å². The molecule has 0 unspecified atom stereocenters. The van der Waals surface area contributed by atoms with Gasteiger partial charge in [-0.1, -0.05) is 30.7 Å². The van der Waals surface area contributed by atoms with Gasteiger partial charge in [0.25, 0.3) is 5.91 Å². The lowest BCUT2D eigenvalue weighted by Crippen LogP contribution is -2.21. The summed E-state index contributed by atoms with van der Waals surface area (Å²) in [5.41, 5.74) is 3.01. The van der Waals surface area contributed by atoms with Gasteiger partial charge in [-0.25, -0.2) is 0 Å². The highest BCUT2D eigenvalue weighted by Crippen LogP contribution is 2.27. The van der Waals surface area contributed by atoms with Crippen molar-refractivity contribution in [3.8, 4) is 5.75 Å². The number of rotatable bonds is 7. The Morgan fingerprint density at radius 2 is 2.00 bits per heavy atom. The Morgan fingerprint density at radius 1 is 1.18 bits per heavy atom. The van der Waals surface area contributed by atoms with Crippen molar-refractivity contribution >= 4 is 40.1 Å². The molecular weight excluding hydrogens is 382 g/mol.